The van der Waals surface area contributed by atoms with Crippen molar-refractivity contribution in [3.63, 3.8) is 0 Å². The molecule has 0 spiro atoms. The van der Waals surface area contributed by atoms with Crippen LogP contribution in [0.5, 0.6) is 0 Å². The second-order valence-electron chi connectivity index (χ2n) is 7.01. The summed E-state index contributed by atoms with van der Waals surface area (Å²) in [6, 6.07) is 7.82. The number of carbonyl (C=O) groups is 1. The van der Waals surface area contributed by atoms with Gasteiger partial charge in [0.15, 0.2) is 14.6 Å². The third-order valence-corrected chi connectivity index (χ3v) is 7.19. The van der Waals surface area contributed by atoms with E-state index in [1.54, 1.807) is 0 Å². The molecule has 0 aliphatic carbocycles. The summed E-state index contributed by atoms with van der Waals surface area (Å²) in [7, 11) is -3.68. The number of rotatable bonds is 6. The molecule has 1 heterocycles. The van der Waals surface area contributed by atoms with Gasteiger partial charge in [0.2, 0.25) is 0 Å². The van der Waals surface area contributed by atoms with Gasteiger partial charge in [0.25, 0.3) is 5.91 Å². The zero-order valence-corrected chi connectivity index (χ0v) is 16.9. The molecular weight excluding hydrogens is 380 g/mol. The van der Waals surface area contributed by atoms with Crippen molar-refractivity contribution in [2.24, 2.45) is 0 Å². The molecule has 2 rings (SSSR count). The summed E-state index contributed by atoms with van der Waals surface area (Å²) in [5.41, 5.74) is 4.63. The second kappa shape index (κ2) is 9.34. The van der Waals surface area contributed by atoms with Gasteiger partial charge < -0.3 is 5.11 Å². The summed E-state index contributed by atoms with van der Waals surface area (Å²) in [5, 5.41) is 17.6. The molecule has 0 saturated carbocycles. The van der Waals surface area contributed by atoms with Crippen LogP contribution < -0.4 is 5.48 Å². The number of benzene rings is 1. The lowest BCUT2D eigenvalue weighted by Gasteiger charge is -2.31. The number of hydroxylamine groups is 1. The van der Waals surface area contributed by atoms with E-state index in [2.05, 4.69) is 22.8 Å². The number of hydrogen-bond acceptors (Lipinski definition) is 6. The minimum absolute atomic E-state index is 0.0968. The monoisotopic (exact) mass is 406 g/mol. The van der Waals surface area contributed by atoms with Crippen molar-refractivity contribution in [2.75, 3.05) is 32.5 Å². The molecular formula is C20H26N2O5S. The Morgan fingerprint density at radius 2 is 2.00 bits per heavy atom. The van der Waals surface area contributed by atoms with Gasteiger partial charge in [-0.2, -0.15) is 0 Å². The Labute approximate surface area is 165 Å². The van der Waals surface area contributed by atoms with Crippen molar-refractivity contribution in [1.82, 2.24) is 10.4 Å². The summed E-state index contributed by atoms with van der Waals surface area (Å²) in [6.45, 7) is 3.00. The zero-order chi connectivity index (χ0) is 20.8. The third kappa shape index (κ3) is 5.20. The fourth-order valence-corrected chi connectivity index (χ4v) is 3.89. The van der Waals surface area contributed by atoms with E-state index < -0.39 is 20.5 Å². The summed E-state index contributed by atoms with van der Waals surface area (Å²) in [6.07, 6.45) is 4.01. The minimum atomic E-state index is -3.68. The Balaban J connectivity index is 2.00. The van der Waals surface area contributed by atoms with Crippen LogP contribution in [0.4, 0.5) is 0 Å². The van der Waals surface area contributed by atoms with Crippen LogP contribution in [-0.2, 0) is 14.6 Å². The molecule has 1 unspecified atom stereocenters. The first-order valence-electron chi connectivity index (χ1n) is 8.97. The molecule has 3 N–H and O–H groups in total. The quantitative estimate of drug-likeness (QED) is 0.367. The Hall–Kier alpha value is -2.18. The first-order valence-corrected chi connectivity index (χ1v) is 10.9. The van der Waals surface area contributed by atoms with Crippen molar-refractivity contribution in [3.8, 4) is 11.8 Å². The van der Waals surface area contributed by atoms with Crippen LogP contribution in [0, 0.1) is 11.8 Å². The number of nitrogens with one attached hydrogen (secondary N) is 1. The SMILES string of the molecule is CC(CCN1CC=C(c2ccc(C#CCO)cc2)CC1)(C(=O)NO)S(C)(=O)=O. The van der Waals surface area contributed by atoms with E-state index in [1.165, 1.54) is 18.0 Å². The number of carbonyl (C=O) groups excluding carboxylic acids is 1. The lowest BCUT2D eigenvalue weighted by Crippen LogP contribution is -2.51. The molecule has 8 heteroatoms. The molecule has 1 amide bonds. The van der Waals surface area contributed by atoms with E-state index >= 15 is 0 Å². The highest BCUT2D eigenvalue weighted by Crippen LogP contribution is 2.25. The van der Waals surface area contributed by atoms with Crippen LogP contribution in [0.15, 0.2) is 30.3 Å². The number of nitrogens with zero attached hydrogens (tertiary/aromatic N) is 1. The van der Waals surface area contributed by atoms with Gasteiger partial charge >= 0.3 is 0 Å². The highest BCUT2D eigenvalue weighted by Gasteiger charge is 2.43. The molecule has 0 aromatic heterocycles. The van der Waals surface area contributed by atoms with Crippen LogP contribution >= 0.6 is 0 Å². The molecule has 1 aliphatic heterocycles. The molecule has 1 aromatic rings. The van der Waals surface area contributed by atoms with Gasteiger partial charge in [0.05, 0.1) is 0 Å². The minimum Gasteiger partial charge on any atom is -0.384 e. The van der Waals surface area contributed by atoms with E-state index in [1.807, 2.05) is 24.3 Å². The molecule has 0 saturated heterocycles. The number of hydrogen-bond donors (Lipinski definition) is 3. The van der Waals surface area contributed by atoms with Crippen molar-refractivity contribution in [3.05, 3.63) is 41.5 Å². The van der Waals surface area contributed by atoms with Gasteiger partial charge in [-0.25, -0.2) is 13.9 Å². The standard InChI is InChI=1S/C20H26N2O5S/c1-20(19(24)21-25,28(2,26)27)11-14-22-12-9-18(10-13-22)17-7-5-16(6-8-17)4-3-15-23/h5-9,23,25H,10-15H2,1-2H3,(H,21,24). The van der Waals surface area contributed by atoms with Crippen LogP contribution in [0.1, 0.15) is 30.9 Å². The maximum absolute atomic E-state index is 12.0. The fraction of sp³-hybridized carbons (Fsp3) is 0.450. The van der Waals surface area contributed by atoms with Gasteiger partial charge in [-0.05, 0) is 43.0 Å². The molecule has 1 aromatic carbocycles. The normalized spacial score (nSPS) is 17.1. The van der Waals surface area contributed by atoms with Gasteiger partial charge in [-0.1, -0.05) is 30.0 Å². The van der Waals surface area contributed by atoms with Crippen molar-refractivity contribution in [1.29, 1.82) is 0 Å². The number of aliphatic hydroxyl groups is 1. The first kappa shape index (κ1) is 22.1. The van der Waals surface area contributed by atoms with E-state index in [9.17, 15) is 13.2 Å². The summed E-state index contributed by atoms with van der Waals surface area (Å²) in [4.78, 5) is 14.0. The van der Waals surface area contributed by atoms with E-state index in [-0.39, 0.29) is 13.0 Å². The summed E-state index contributed by atoms with van der Waals surface area (Å²) < 4.78 is 22.4. The zero-order valence-electron chi connectivity index (χ0n) is 16.1. The molecule has 152 valence electrons. The third-order valence-electron chi connectivity index (χ3n) is 5.17. The first-order chi connectivity index (χ1) is 13.2. The molecule has 0 radical (unpaired) electrons. The number of sulfone groups is 1. The van der Waals surface area contributed by atoms with Crippen molar-refractivity contribution >= 4 is 21.3 Å². The number of aliphatic hydroxyl groups excluding tert-OH is 1. The smallest absolute Gasteiger partial charge is 0.264 e. The molecule has 28 heavy (non-hydrogen) atoms. The van der Waals surface area contributed by atoms with Crippen molar-refractivity contribution in [2.45, 2.75) is 24.5 Å². The van der Waals surface area contributed by atoms with Gasteiger partial charge in [-0.15, -0.1) is 0 Å². The largest absolute Gasteiger partial charge is 0.384 e. The number of amides is 1. The van der Waals surface area contributed by atoms with Gasteiger partial charge in [0.1, 0.15) is 6.61 Å². The van der Waals surface area contributed by atoms with Crippen molar-refractivity contribution < 1.29 is 23.5 Å². The highest BCUT2D eigenvalue weighted by atomic mass is 32.2. The summed E-state index contributed by atoms with van der Waals surface area (Å²) >= 11 is 0. The molecule has 7 nitrogen and oxygen atoms in total. The molecule has 0 bridgehead atoms. The predicted octanol–water partition coefficient (Wildman–Crippen LogP) is 0.818. The maximum Gasteiger partial charge on any atom is 0.264 e. The van der Waals surface area contributed by atoms with Crippen LogP contribution in [-0.4, -0.2) is 66.8 Å². The average Bonchev–Trinajstić information content (AvgIpc) is 2.69. The Morgan fingerprint density at radius 3 is 2.50 bits per heavy atom. The van der Waals surface area contributed by atoms with Gasteiger partial charge in [0, 0.05) is 31.5 Å². The fourth-order valence-electron chi connectivity index (χ4n) is 3.04. The van der Waals surface area contributed by atoms with Gasteiger partial charge in [-0.3, -0.25) is 14.9 Å². The Kier molecular flexibility index (Phi) is 7.38. The topological polar surface area (TPSA) is 107 Å². The molecule has 1 aliphatic rings. The Morgan fingerprint density at radius 1 is 1.32 bits per heavy atom. The lowest BCUT2D eigenvalue weighted by molar-refractivity contribution is -0.131. The van der Waals surface area contributed by atoms with E-state index in [4.69, 9.17) is 10.3 Å². The van der Waals surface area contributed by atoms with E-state index in [0.717, 1.165) is 30.3 Å². The average molecular weight is 407 g/mol. The molecule has 1 atom stereocenters. The molecule has 0 fully saturated rings. The van der Waals surface area contributed by atoms with Crippen LogP contribution in [0.25, 0.3) is 5.57 Å². The van der Waals surface area contributed by atoms with E-state index in [0.29, 0.717) is 13.1 Å². The summed E-state index contributed by atoms with van der Waals surface area (Å²) in [5.74, 6) is 4.57. The van der Waals surface area contributed by atoms with Crippen LogP contribution in [0.3, 0.4) is 0 Å². The second-order valence-corrected chi connectivity index (χ2v) is 9.46. The Bertz CT molecular complexity index is 897. The lowest BCUT2D eigenvalue weighted by atomic mass is 9.98. The maximum atomic E-state index is 12.0. The highest BCUT2D eigenvalue weighted by molar-refractivity contribution is 7.92. The van der Waals surface area contributed by atoms with Crippen LogP contribution in [0.2, 0.25) is 0 Å². The predicted molar refractivity (Wildman–Crippen MR) is 107 cm³/mol.